The first-order valence-electron chi connectivity index (χ1n) is 8.17. The van der Waals surface area contributed by atoms with Gasteiger partial charge in [0, 0.05) is 36.7 Å². The van der Waals surface area contributed by atoms with Gasteiger partial charge in [-0.1, -0.05) is 12.1 Å². The van der Waals surface area contributed by atoms with E-state index < -0.39 is 27.6 Å². The van der Waals surface area contributed by atoms with Crippen LogP contribution in [0.1, 0.15) is 12.6 Å². The van der Waals surface area contributed by atoms with Gasteiger partial charge in [-0.25, -0.2) is 13.8 Å². The summed E-state index contributed by atoms with van der Waals surface area (Å²) in [6.45, 7) is 1.06. The highest BCUT2D eigenvalue weighted by molar-refractivity contribution is 7.90. The SMILES string of the molecule is CC(=O)Nn1nc(-c2ccc(S(C)(=O)=O)cc2)c(-c2ccncc2)c1C(F)(F)F. The Morgan fingerprint density at radius 3 is 2.10 bits per heavy atom. The van der Waals surface area contributed by atoms with Crippen LogP contribution in [0, 0.1) is 0 Å². The van der Waals surface area contributed by atoms with Crippen LogP contribution in [0.25, 0.3) is 22.4 Å². The van der Waals surface area contributed by atoms with Gasteiger partial charge < -0.3 is 0 Å². The van der Waals surface area contributed by atoms with Crippen molar-refractivity contribution >= 4 is 15.7 Å². The number of carbonyl (C=O) groups excluding carboxylic acids is 1. The van der Waals surface area contributed by atoms with Crippen LogP contribution in [0.4, 0.5) is 13.2 Å². The first kappa shape index (κ1) is 20.5. The number of aromatic nitrogens is 3. The molecule has 7 nitrogen and oxygen atoms in total. The van der Waals surface area contributed by atoms with Gasteiger partial charge in [0.05, 0.1) is 4.90 Å². The lowest BCUT2D eigenvalue weighted by Gasteiger charge is -2.12. The van der Waals surface area contributed by atoms with Crippen molar-refractivity contribution in [2.24, 2.45) is 0 Å². The molecule has 11 heteroatoms. The zero-order chi connectivity index (χ0) is 21.4. The maximum atomic E-state index is 13.9. The molecule has 0 radical (unpaired) electrons. The molecular weight excluding hydrogens is 409 g/mol. The summed E-state index contributed by atoms with van der Waals surface area (Å²) in [6, 6.07) is 8.07. The zero-order valence-electron chi connectivity index (χ0n) is 15.2. The monoisotopic (exact) mass is 424 g/mol. The number of benzene rings is 1. The van der Waals surface area contributed by atoms with E-state index in [1.54, 1.807) is 0 Å². The Kier molecular flexibility index (Phi) is 5.18. The van der Waals surface area contributed by atoms with Crippen LogP contribution in [0.5, 0.6) is 0 Å². The van der Waals surface area contributed by atoms with Gasteiger partial charge in [0.15, 0.2) is 15.5 Å². The number of nitrogens with one attached hydrogen (secondary N) is 1. The van der Waals surface area contributed by atoms with Gasteiger partial charge >= 0.3 is 6.18 Å². The third-order valence-corrected chi connectivity index (χ3v) is 5.07. The van der Waals surface area contributed by atoms with Crippen LogP contribution < -0.4 is 5.43 Å². The topological polar surface area (TPSA) is 94.0 Å². The lowest BCUT2D eigenvalue weighted by Crippen LogP contribution is -2.27. The van der Waals surface area contributed by atoms with Crippen molar-refractivity contribution in [3.05, 3.63) is 54.5 Å². The molecule has 0 aliphatic rings. The van der Waals surface area contributed by atoms with Crippen molar-refractivity contribution < 1.29 is 26.4 Å². The predicted octanol–water partition coefficient (Wildman–Crippen LogP) is 3.12. The van der Waals surface area contributed by atoms with Gasteiger partial charge in [-0.15, -0.1) is 0 Å². The average Bonchev–Trinajstić information content (AvgIpc) is 3.00. The van der Waals surface area contributed by atoms with E-state index in [0.717, 1.165) is 13.2 Å². The summed E-state index contributed by atoms with van der Waals surface area (Å²) in [6.07, 6.45) is -1.14. The number of halogens is 3. The van der Waals surface area contributed by atoms with Crippen LogP contribution in [0.15, 0.2) is 53.7 Å². The van der Waals surface area contributed by atoms with Gasteiger partial charge in [0.2, 0.25) is 5.91 Å². The maximum absolute atomic E-state index is 13.9. The normalized spacial score (nSPS) is 12.0. The average molecular weight is 424 g/mol. The largest absolute Gasteiger partial charge is 0.435 e. The van der Waals surface area contributed by atoms with E-state index in [1.807, 2.05) is 0 Å². The second-order valence-corrected chi connectivity index (χ2v) is 8.20. The summed E-state index contributed by atoms with van der Waals surface area (Å²) in [7, 11) is -3.48. The van der Waals surface area contributed by atoms with Crippen molar-refractivity contribution in [2.75, 3.05) is 11.7 Å². The minimum absolute atomic E-state index is 0.0176. The molecule has 0 atom stereocenters. The molecule has 0 spiro atoms. The minimum Gasteiger partial charge on any atom is -0.274 e. The second kappa shape index (κ2) is 7.32. The number of carbonyl (C=O) groups is 1. The number of hydrogen-bond donors (Lipinski definition) is 1. The fraction of sp³-hybridized carbons (Fsp3) is 0.167. The molecule has 0 saturated heterocycles. The van der Waals surface area contributed by atoms with Gasteiger partial charge in [-0.3, -0.25) is 9.78 Å². The standard InChI is InChI=1S/C18H15F3N4O3S/c1-11(26)23-25-17(18(19,20)21)15(12-7-9-22-10-8-12)16(24-25)13-3-5-14(6-4-13)29(2,27)28/h3-10H,1-2H3,(H,23,26). The molecule has 3 rings (SSSR count). The number of nitrogens with zero attached hydrogens (tertiary/aromatic N) is 3. The molecule has 152 valence electrons. The molecule has 1 aromatic carbocycles. The fourth-order valence-electron chi connectivity index (χ4n) is 2.76. The lowest BCUT2D eigenvalue weighted by molar-refractivity contribution is -0.143. The molecule has 0 aliphatic heterocycles. The Balaban J connectivity index is 2.31. The van der Waals surface area contributed by atoms with E-state index in [1.165, 1.54) is 48.8 Å². The Morgan fingerprint density at radius 2 is 1.62 bits per heavy atom. The molecule has 29 heavy (non-hydrogen) atoms. The second-order valence-electron chi connectivity index (χ2n) is 6.18. The molecule has 2 heterocycles. The van der Waals surface area contributed by atoms with Crippen LogP contribution >= 0.6 is 0 Å². The summed E-state index contributed by atoms with van der Waals surface area (Å²) in [5.74, 6) is -0.738. The van der Waals surface area contributed by atoms with E-state index in [4.69, 9.17) is 0 Å². The van der Waals surface area contributed by atoms with Crippen LogP contribution in [0.2, 0.25) is 0 Å². The molecule has 1 amide bonds. The molecule has 0 unspecified atom stereocenters. The maximum Gasteiger partial charge on any atom is 0.435 e. The van der Waals surface area contributed by atoms with E-state index in [-0.39, 0.29) is 27.3 Å². The minimum atomic E-state index is -4.83. The Labute approximate surface area is 164 Å². The Hall–Kier alpha value is -3.21. The van der Waals surface area contributed by atoms with Gasteiger partial charge in [-0.2, -0.15) is 23.1 Å². The quantitative estimate of drug-likeness (QED) is 0.695. The van der Waals surface area contributed by atoms with Crippen molar-refractivity contribution in [3.63, 3.8) is 0 Å². The van der Waals surface area contributed by atoms with Crippen molar-refractivity contribution in [2.45, 2.75) is 18.0 Å². The van der Waals surface area contributed by atoms with Crippen LogP contribution in [0.3, 0.4) is 0 Å². The number of amides is 1. The molecule has 0 fully saturated rings. The Bertz CT molecular complexity index is 1160. The van der Waals surface area contributed by atoms with Gasteiger partial charge in [-0.05, 0) is 29.8 Å². The highest BCUT2D eigenvalue weighted by atomic mass is 32.2. The summed E-state index contributed by atoms with van der Waals surface area (Å²) in [5.41, 5.74) is 0.985. The molecule has 2 aromatic heterocycles. The zero-order valence-corrected chi connectivity index (χ0v) is 16.0. The predicted molar refractivity (Wildman–Crippen MR) is 99.0 cm³/mol. The third-order valence-electron chi connectivity index (χ3n) is 3.94. The number of alkyl halides is 3. The Morgan fingerprint density at radius 1 is 1.03 bits per heavy atom. The smallest absolute Gasteiger partial charge is 0.274 e. The number of rotatable bonds is 4. The highest BCUT2D eigenvalue weighted by Crippen LogP contribution is 2.42. The fourth-order valence-corrected chi connectivity index (χ4v) is 3.39. The molecule has 1 N–H and O–H groups in total. The number of hydrogen-bond acceptors (Lipinski definition) is 5. The molecule has 0 bridgehead atoms. The molecule has 3 aromatic rings. The van der Waals surface area contributed by atoms with E-state index in [0.29, 0.717) is 4.79 Å². The van der Waals surface area contributed by atoms with Crippen molar-refractivity contribution in [1.82, 2.24) is 14.9 Å². The van der Waals surface area contributed by atoms with Gasteiger partial charge in [0.25, 0.3) is 0 Å². The van der Waals surface area contributed by atoms with Crippen molar-refractivity contribution in [1.29, 1.82) is 0 Å². The van der Waals surface area contributed by atoms with Gasteiger partial charge in [0.1, 0.15) is 5.69 Å². The van der Waals surface area contributed by atoms with E-state index in [9.17, 15) is 26.4 Å². The lowest BCUT2D eigenvalue weighted by atomic mass is 9.99. The summed E-state index contributed by atoms with van der Waals surface area (Å²) in [5, 5.41) is 3.95. The molecule has 0 aliphatic carbocycles. The van der Waals surface area contributed by atoms with Crippen LogP contribution in [-0.4, -0.2) is 35.5 Å². The third kappa shape index (κ3) is 4.29. The number of sulfone groups is 1. The summed E-state index contributed by atoms with van der Waals surface area (Å²) >= 11 is 0. The number of pyridine rings is 1. The van der Waals surface area contributed by atoms with Crippen molar-refractivity contribution in [3.8, 4) is 22.4 Å². The van der Waals surface area contributed by atoms with E-state index in [2.05, 4.69) is 15.5 Å². The first-order chi connectivity index (χ1) is 13.5. The van der Waals surface area contributed by atoms with E-state index >= 15 is 0 Å². The molecule has 0 saturated carbocycles. The summed E-state index contributed by atoms with van der Waals surface area (Å²) in [4.78, 5) is 15.6. The highest BCUT2D eigenvalue weighted by Gasteiger charge is 2.41. The summed E-state index contributed by atoms with van der Waals surface area (Å²) < 4.78 is 65.0. The first-order valence-corrected chi connectivity index (χ1v) is 10.1. The molecular formula is C18H15F3N4O3S. The van der Waals surface area contributed by atoms with Crippen LogP contribution in [-0.2, 0) is 20.8 Å².